The number of thiophene rings is 1. The number of amides is 1. The molecule has 0 radical (unpaired) electrons. The number of benzene rings is 1. The SMILES string of the molecule is O=C(Cc1cccs1)Nc1ccccc1S(=O)(=O)F. The Morgan fingerprint density at radius 1 is 1.21 bits per heavy atom. The van der Waals surface area contributed by atoms with E-state index in [0.29, 0.717) is 0 Å². The summed E-state index contributed by atoms with van der Waals surface area (Å²) in [5, 5.41) is 4.24. The number of halogens is 1. The largest absolute Gasteiger partial charge is 0.334 e. The Morgan fingerprint density at radius 2 is 1.95 bits per heavy atom. The van der Waals surface area contributed by atoms with E-state index >= 15 is 0 Å². The average Bonchev–Trinajstić information content (AvgIpc) is 2.81. The topological polar surface area (TPSA) is 63.2 Å². The highest BCUT2D eigenvalue weighted by Crippen LogP contribution is 2.23. The summed E-state index contributed by atoms with van der Waals surface area (Å²) in [6, 6.07) is 8.97. The van der Waals surface area contributed by atoms with Gasteiger partial charge in [-0.05, 0) is 23.6 Å². The summed E-state index contributed by atoms with van der Waals surface area (Å²) in [6.45, 7) is 0. The lowest BCUT2D eigenvalue weighted by Gasteiger charge is -2.07. The molecule has 1 amide bonds. The van der Waals surface area contributed by atoms with E-state index in [4.69, 9.17) is 0 Å². The fourth-order valence-corrected chi connectivity index (χ4v) is 2.87. The van der Waals surface area contributed by atoms with Crippen LogP contribution in [0.3, 0.4) is 0 Å². The predicted octanol–water partition coefficient (Wildman–Crippen LogP) is 2.59. The molecule has 1 aromatic heterocycles. The van der Waals surface area contributed by atoms with Crippen molar-refractivity contribution in [1.29, 1.82) is 0 Å². The van der Waals surface area contributed by atoms with Crippen LogP contribution in [-0.4, -0.2) is 14.3 Å². The molecule has 0 aliphatic rings. The highest BCUT2D eigenvalue weighted by molar-refractivity contribution is 7.86. The molecular formula is C12H10FNO3S2. The number of anilines is 1. The molecule has 0 saturated heterocycles. The van der Waals surface area contributed by atoms with Crippen molar-refractivity contribution in [3.63, 3.8) is 0 Å². The Morgan fingerprint density at radius 3 is 2.58 bits per heavy atom. The Kier molecular flexibility index (Phi) is 3.96. The van der Waals surface area contributed by atoms with Gasteiger partial charge in [-0.25, -0.2) is 0 Å². The van der Waals surface area contributed by atoms with Crippen LogP contribution in [0.1, 0.15) is 4.88 Å². The van der Waals surface area contributed by atoms with Gasteiger partial charge in [-0.15, -0.1) is 15.2 Å². The van der Waals surface area contributed by atoms with Gasteiger partial charge < -0.3 is 5.32 Å². The van der Waals surface area contributed by atoms with E-state index in [2.05, 4.69) is 5.32 Å². The van der Waals surface area contributed by atoms with Crippen molar-refractivity contribution < 1.29 is 17.1 Å². The second-order valence-electron chi connectivity index (χ2n) is 3.74. The third-order valence-electron chi connectivity index (χ3n) is 2.34. The molecule has 0 aliphatic carbocycles. The fraction of sp³-hybridized carbons (Fsp3) is 0.0833. The predicted molar refractivity (Wildman–Crippen MR) is 71.4 cm³/mol. The molecule has 100 valence electrons. The van der Waals surface area contributed by atoms with E-state index in [9.17, 15) is 17.1 Å². The van der Waals surface area contributed by atoms with Gasteiger partial charge in [0.25, 0.3) is 0 Å². The number of hydrogen-bond donors (Lipinski definition) is 1. The molecule has 0 bridgehead atoms. The normalized spacial score (nSPS) is 11.2. The van der Waals surface area contributed by atoms with Crippen LogP contribution in [0.25, 0.3) is 0 Å². The Balaban J connectivity index is 2.18. The summed E-state index contributed by atoms with van der Waals surface area (Å²) in [5.74, 6) is -0.390. The number of rotatable bonds is 4. The Bertz CT molecular complexity index is 681. The van der Waals surface area contributed by atoms with Crippen molar-refractivity contribution in [3.8, 4) is 0 Å². The van der Waals surface area contributed by atoms with Crippen molar-refractivity contribution in [2.45, 2.75) is 11.3 Å². The van der Waals surface area contributed by atoms with Crippen molar-refractivity contribution >= 4 is 33.2 Å². The smallest absolute Gasteiger partial charge is 0.325 e. The van der Waals surface area contributed by atoms with Gasteiger partial charge in [-0.3, -0.25) is 4.79 Å². The first kappa shape index (κ1) is 13.7. The Hall–Kier alpha value is -1.73. The summed E-state index contributed by atoms with van der Waals surface area (Å²) in [5.41, 5.74) is -0.0495. The second-order valence-corrected chi connectivity index (χ2v) is 6.09. The molecule has 0 saturated carbocycles. The van der Waals surface area contributed by atoms with Gasteiger partial charge in [-0.2, -0.15) is 8.42 Å². The van der Waals surface area contributed by atoms with Crippen LogP contribution < -0.4 is 5.32 Å². The zero-order valence-electron chi connectivity index (χ0n) is 9.67. The lowest BCUT2D eigenvalue weighted by Crippen LogP contribution is -2.15. The summed E-state index contributed by atoms with van der Waals surface area (Å²) in [4.78, 5) is 12.0. The summed E-state index contributed by atoms with van der Waals surface area (Å²) < 4.78 is 34.9. The van der Waals surface area contributed by atoms with Crippen LogP contribution >= 0.6 is 11.3 Å². The third kappa shape index (κ3) is 3.62. The Labute approximate surface area is 114 Å². The molecule has 0 aliphatic heterocycles. The van der Waals surface area contributed by atoms with E-state index in [1.165, 1.54) is 29.5 Å². The highest BCUT2D eigenvalue weighted by Gasteiger charge is 2.18. The van der Waals surface area contributed by atoms with Crippen LogP contribution in [0.4, 0.5) is 9.57 Å². The van der Waals surface area contributed by atoms with Crippen molar-refractivity contribution in [2.24, 2.45) is 0 Å². The first-order valence-electron chi connectivity index (χ1n) is 5.33. The molecule has 0 atom stereocenters. The molecule has 0 fully saturated rings. The summed E-state index contributed by atoms with van der Waals surface area (Å²) in [6.07, 6.45) is 0.123. The van der Waals surface area contributed by atoms with E-state index in [1.54, 1.807) is 6.07 Å². The molecule has 2 rings (SSSR count). The molecule has 0 unspecified atom stereocenters. The average molecular weight is 299 g/mol. The van der Waals surface area contributed by atoms with Crippen LogP contribution in [0.15, 0.2) is 46.7 Å². The molecule has 19 heavy (non-hydrogen) atoms. The number of hydrogen-bond acceptors (Lipinski definition) is 4. The molecule has 7 heteroatoms. The molecule has 0 spiro atoms. The van der Waals surface area contributed by atoms with Crippen molar-refractivity contribution in [1.82, 2.24) is 0 Å². The minimum atomic E-state index is -4.85. The second kappa shape index (κ2) is 5.50. The maximum Gasteiger partial charge on any atom is 0.334 e. The van der Waals surface area contributed by atoms with E-state index in [0.717, 1.165) is 10.9 Å². The first-order valence-corrected chi connectivity index (χ1v) is 7.59. The quantitative estimate of drug-likeness (QED) is 0.883. The fourth-order valence-electron chi connectivity index (χ4n) is 1.55. The molecule has 1 heterocycles. The van der Waals surface area contributed by atoms with Crippen molar-refractivity contribution in [2.75, 3.05) is 5.32 Å². The minimum absolute atomic E-state index is 0.0495. The molecule has 2 aromatic rings. The molecule has 4 nitrogen and oxygen atoms in total. The van der Waals surface area contributed by atoms with Gasteiger partial charge >= 0.3 is 10.2 Å². The zero-order chi connectivity index (χ0) is 13.9. The lowest BCUT2D eigenvalue weighted by atomic mass is 10.3. The van der Waals surface area contributed by atoms with Gasteiger partial charge in [0.1, 0.15) is 4.90 Å². The summed E-state index contributed by atoms with van der Waals surface area (Å²) >= 11 is 1.42. The monoisotopic (exact) mass is 299 g/mol. The van der Waals surface area contributed by atoms with Gasteiger partial charge in [0, 0.05) is 4.88 Å². The van der Waals surface area contributed by atoms with Gasteiger partial charge in [0.2, 0.25) is 5.91 Å². The number of para-hydroxylation sites is 1. The van der Waals surface area contributed by atoms with E-state index in [-0.39, 0.29) is 12.1 Å². The van der Waals surface area contributed by atoms with E-state index in [1.807, 2.05) is 11.4 Å². The zero-order valence-corrected chi connectivity index (χ0v) is 11.3. The van der Waals surface area contributed by atoms with Crippen LogP contribution in [0.2, 0.25) is 0 Å². The maximum atomic E-state index is 13.0. The molecule has 1 aromatic carbocycles. The van der Waals surface area contributed by atoms with E-state index < -0.39 is 21.0 Å². The van der Waals surface area contributed by atoms with Crippen LogP contribution in [0.5, 0.6) is 0 Å². The van der Waals surface area contributed by atoms with Gasteiger partial charge in [-0.1, -0.05) is 18.2 Å². The number of carbonyl (C=O) groups excluding carboxylic acids is 1. The molecule has 1 N–H and O–H groups in total. The molecular weight excluding hydrogens is 289 g/mol. The van der Waals surface area contributed by atoms with Gasteiger partial charge in [0.15, 0.2) is 0 Å². The first-order chi connectivity index (χ1) is 8.97. The van der Waals surface area contributed by atoms with Crippen LogP contribution in [-0.2, 0) is 21.4 Å². The third-order valence-corrected chi connectivity index (χ3v) is 4.10. The minimum Gasteiger partial charge on any atom is -0.325 e. The standard InChI is InChI=1S/C12H10FNO3S2/c13-19(16,17)11-6-2-1-5-10(11)14-12(15)8-9-4-3-7-18-9/h1-7H,8H2,(H,14,15). The lowest BCUT2D eigenvalue weighted by molar-refractivity contribution is -0.115. The number of nitrogens with one attached hydrogen (secondary N) is 1. The summed E-state index contributed by atoms with van der Waals surface area (Å²) in [7, 11) is -4.85. The number of carbonyl (C=O) groups is 1. The maximum absolute atomic E-state index is 13.0. The van der Waals surface area contributed by atoms with Gasteiger partial charge in [0.05, 0.1) is 12.1 Å². The van der Waals surface area contributed by atoms with Crippen molar-refractivity contribution in [3.05, 3.63) is 46.7 Å². The highest BCUT2D eigenvalue weighted by atomic mass is 32.3. The van der Waals surface area contributed by atoms with Crippen LogP contribution in [0, 0.1) is 0 Å².